The van der Waals surface area contributed by atoms with E-state index >= 15 is 0 Å². The summed E-state index contributed by atoms with van der Waals surface area (Å²) >= 11 is 0. The van der Waals surface area contributed by atoms with E-state index in [-0.39, 0.29) is 35.5 Å². The van der Waals surface area contributed by atoms with E-state index in [1.807, 2.05) is 12.1 Å². The highest BCUT2D eigenvalue weighted by Gasteiger charge is 2.67. The minimum absolute atomic E-state index is 0.0918. The van der Waals surface area contributed by atoms with Crippen molar-refractivity contribution in [2.45, 2.75) is 13.3 Å². The second kappa shape index (κ2) is 8.08. The summed E-state index contributed by atoms with van der Waals surface area (Å²) in [4.78, 5) is 26.1. The summed E-state index contributed by atoms with van der Waals surface area (Å²) in [6.07, 6.45) is 0.110. The Morgan fingerprint density at radius 3 is 2.24 bits per heavy atom. The predicted molar refractivity (Wildman–Crippen MR) is 102 cm³/mol. The average Bonchev–Trinajstić information content (AvgIpc) is 3.49. The summed E-state index contributed by atoms with van der Waals surface area (Å²) in [5.74, 6) is -2.29. The van der Waals surface area contributed by atoms with E-state index in [1.165, 1.54) is 24.3 Å². The third-order valence-corrected chi connectivity index (χ3v) is 5.03. The summed E-state index contributed by atoms with van der Waals surface area (Å²) in [5.41, 5.74) is -0.705. The van der Waals surface area contributed by atoms with Gasteiger partial charge in [0.2, 0.25) is 0 Å². The van der Waals surface area contributed by atoms with Gasteiger partial charge in [-0.25, -0.2) is 4.39 Å². The van der Waals surface area contributed by atoms with Gasteiger partial charge >= 0.3 is 5.97 Å². The number of halogens is 1. The molecule has 6 heteroatoms. The van der Waals surface area contributed by atoms with Crippen molar-refractivity contribution in [3.63, 3.8) is 0 Å². The van der Waals surface area contributed by atoms with Gasteiger partial charge in [-0.1, -0.05) is 30.3 Å². The molecule has 0 unspecified atom stereocenters. The van der Waals surface area contributed by atoms with Gasteiger partial charge in [-0.3, -0.25) is 9.59 Å². The molecule has 0 bridgehead atoms. The van der Waals surface area contributed by atoms with Crippen molar-refractivity contribution >= 4 is 17.3 Å². The third-order valence-electron chi connectivity index (χ3n) is 5.03. The molecule has 1 aliphatic rings. The molecular formula is C23H17FN2O3. The molecule has 0 radical (unpaired) electrons. The fourth-order valence-electron chi connectivity index (χ4n) is 3.63. The van der Waals surface area contributed by atoms with Crippen molar-refractivity contribution < 1.29 is 18.7 Å². The van der Waals surface area contributed by atoms with Gasteiger partial charge in [0.05, 0.1) is 6.61 Å². The molecule has 0 amide bonds. The Bertz CT molecular complexity index is 1050. The second-order valence-corrected chi connectivity index (χ2v) is 6.66. The monoisotopic (exact) mass is 388 g/mol. The molecule has 0 aliphatic heterocycles. The number of benzene rings is 2. The first-order valence-electron chi connectivity index (χ1n) is 9.07. The zero-order valence-corrected chi connectivity index (χ0v) is 15.7. The van der Waals surface area contributed by atoms with Crippen LogP contribution in [0.1, 0.15) is 29.3 Å². The van der Waals surface area contributed by atoms with E-state index in [1.54, 1.807) is 37.3 Å². The van der Waals surface area contributed by atoms with Crippen molar-refractivity contribution in [3.8, 4) is 12.1 Å². The maximum atomic E-state index is 13.2. The molecule has 1 saturated carbocycles. The molecular weight excluding hydrogens is 371 g/mol. The summed E-state index contributed by atoms with van der Waals surface area (Å²) in [7, 11) is 0. The highest BCUT2D eigenvalue weighted by atomic mass is 19.1. The Morgan fingerprint density at radius 2 is 1.69 bits per heavy atom. The summed E-state index contributed by atoms with van der Waals surface area (Å²) < 4.78 is 18.5. The fraction of sp³-hybridized carbons (Fsp3) is 0.217. The first-order valence-corrected chi connectivity index (χ1v) is 9.07. The third kappa shape index (κ3) is 3.53. The van der Waals surface area contributed by atoms with Crippen LogP contribution in [0, 0.1) is 39.8 Å². The largest absolute Gasteiger partial charge is 0.465 e. The number of rotatable bonds is 6. The smallest absolute Gasteiger partial charge is 0.317 e. The minimum atomic E-state index is -1.43. The zero-order chi connectivity index (χ0) is 21.0. The van der Waals surface area contributed by atoms with Crippen LogP contribution in [0.3, 0.4) is 0 Å². The van der Waals surface area contributed by atoms with Crippen molar-refractivity contribution in [1.82, 2.24) is 0 Å². The van der Waals surface area contributed by atoms with Gasteiger partial charge in [-0.15, -0.1) is 0 Å². The van der Waals surface area contributed by atoms with E-state index in [0.717, 1.165) is 0 Å². The van der Waals surface area contributed by atoms with E-state index in [9.17, 15) is 24.5 Å². The van der Waals surface area contributed by atoms with Crippen LogP contribution in [-0.2, 0) is 9.53 Å². The van der Waals surface area contributed by atoms with Crippen LogP contribution in [0.4, 0.5) is 4.39 Å². The molecule has 5 nitrogen and oxygen atoms in total. The topological polar surface area (TPSA) is 90.9 Å². The Morgan fingerprint density at radius 1 is 1.07 bits per heavy atom. The molecule has 3 rings (SSSR count). The van der Waals surface area contributed by atoms with E-state index < -0.39 is 23.1 Å². The van der Waals surface area contributed by atoms with E-state index in [4.69, 9.17) is 4.74 Å². The van der Waals surface area contributed by atoms with Crippen molar-refractivity contribution in [3.05, 3.63) is 77.1 Å². The number of ketones is 1. The molecule has 0 aromatic heterocycles. The SMILES string of the molecule is CCOC(=O)[C@]1(C(=C(C#N)C#N)c2ccccc2)C[C@H]1C(=O)c1ccc(F)cc1. The molecule has 144 valence electrons. The molecule has 0 spiro atoms. The number of esters is 1. The summed E-state index contributed by atoms with van der Waals surface area (Å²) in [5, 5.41) is 19.0. The Labute approximate surface area is 167 Å². The second-order valence-electron chi connectivity index (χ2n) is 6.66. The number of hydrogen-bond donors (Lipinski definition) is 0. The van der Waals surface area contributed by atoms with Gasteiger partial charge in [0.1, 0.15) is 28.9 Å². The van der Waals surface area contributed by atoms with Crippen LogP contribution in [0.15, 0.2) is 60.2 Å². The molecule has 29 heavy (non-hydrogen) atoms. The van der Waals surface area contributed by atoms with Crippen molar-refractivity contribution in [2.75, 3.05) is 6.61 Å². The maximum absolute atomic E-state index is 13.2. The highest BCUT2D eigenvalue weighted by Crippen LogP contribution is 2.63. The number of carbonyl (C=O) groups is 2. The van der Waals surface area contributed by atoms with Gasteiger partial charge in [0, 0.05) is 17.1 Å². The van der Waals surface area contributed by atoms with Crippen LogP contribution in [0.5, 0.6) is 0 Å². The molecule has 0 heterocycles. The molecule has 1 aliphatic carbocycles. The molecule has 2 atom stereocenters. The van der Waals surface area contributed by atoms with Crippen LogP contribution in [0.2, 0.25) is 0 Å². The number of ether oxygens (including phenoxy) is 1. The first kappa shape index (κ1) is 20.0. The van der Waals surface area contributed by atoms with Crippen molar-refractivity contribution in [2.24, 2.45) is 11.3 Å². The minimum Gasteiger partial charge on any atom is -0.465 e. The normalized spacial score (nSPS) is 19.4. The zero-order valence-electron chi connectivity index (χ0n) is 15.7. The van der Waals surface area contributed by atoms with Crippen LogP contribution in [-0.4, -0.2) is 18.4 Å². The highest BCUT2D eigenvalue weighted by molar-refractivity contribution is 6.11. The predicted octanol–water partition coefficient (Wildman–Crippen LogP) is 4.08. The van der Waals surface area contributed by atoms with Gasteiger partial charge in [0.15, 0.2) is 5.78 Å². The lowest BCUT2D eigenvalue weighted by atomic mass is 9.83. The molecule has 0 N–H and O–H groups in total. The number of carbonyl (C=O) groups excluding carboxylic acids is 2. The van der Waals surface area contributed by atoms with Crippen molar-refractivity contribution in [1.29, 1.82) is 10.5 Å². The maximum Gasteiger partial charge on any atom is 0.317 e. The number of Topliss-reactive ketones (excluding diaryl/α,β-unsaturated/α-hetero) is 1. The Hall–Kier alpha value is -3.77. The van der Waals surface area contributed by atoms with Gasteiger partial charge < -0.3 is 4.74 Å². The van der Waals surface area contributed by atoms with Gasteiger partial charge in [0.25, 0.3) is 0 Å². The Balaban J connectivity index is 2.15. The molecule has 2 aromatic carbocycles. The van der Waals surface area contributed by atoms with Crippen LogP contribution < -0.4 is 0 Å². The number of nitriles is 2. The van der Waals surface area contributed by atoms with Gasteiger partial charge in [-0.2, -0.15) is 10.5 Å². The standard InChI is InChI=1S/C23H17FN2O3/c1-2-29-22(28)23(12-19(23)21(27)16-8-10-18(24)11-9-16)20(17(13-25)14-26)15-6-4-3-5-7-15/h3-11,19H,2,12H2,1H3/t19-,23+/m0/s1. The fourth-order valence-corrected chi connectivity index (χ4v) is 3.63. The number of nitrogens with zero attached hydrogens (tertiary/aromatic N) is 2. The number of hydrogen-bond acceptors (Lipinski definition) is 5. The first-order chi connectivity index (χ1) is 14.0. The lowest BCUT2D eigenvalue weighted by molar-refractivity contribution is -0.147. The summed E-state index contributed by atoms with van der Waals surface area (Å²) in [6, 6.07) is 17.3. The van der Waals surface area contributed by atoms with Crippen LogP contribution in [0.25, 0.3) is 5.57 Å². The molecule has 0 saturated heterocycles. The summed E-state index contributed by atoms with van der Waals surface area (Å²) in [6.45, 7) is 1.74. The molecule has 2 aromatic rings. The lowest BCUT2D eigenvalue weighted by Gasteiger charge is -2.20. The average molecular weight is 388 g/mol. The quantitative estimate of drug-likeness (QED) is 0.422. The number of allylic oxidation sites excluding steroid dienone is 1. The lowest BCUT2D eigenvalue weighted by Crippen LogP contribution is -2.26. The molecule has 1 fully saturated rings. The van der Waals surface area contributed by atoms with Gasteiger partial charge in [-0.05, 0) is 43.2 Å². The van der Waals surface area contributed by atoms with E-state index in [2.05, 4.69) is 0 Å². The van der Waals surface area contributed by atoms with Crippen LogP contribution >= 0.6 is 0 Å². The Kier molecular flexibility index (Phi) is 5.57. The van der Waals surface area contributed by atoms with E-state index in [0.29, 0.717) is 5.56 Å².